The maximum atomic E-state index is 13.3. The fraction of sp³-hybridized carbons (Fsp3) is 0.364. The standard InChI is InChI=1S/C22H26N6O2/c1-4-8-24-21(29)17(15-23)14-18-20(27-12-10-26(5-2)11-13-27)25-19-16(3)7-6-9-28(19)22(18)30/h4,6-7,9,14H,1,5,8,10-13H2,2-3H3,(H,24,29). The van der Waals surface area contributed by atoms with Crippen LogP contribution in [0.2, 0.25) is 0 Å². The van der Waals surface area contributed by atoms with E-state index in [9.17, 15) is 14.9 Å². The van der Waals surface area contributed by atoms with Crippen molar-refractivity contribution in [3.63, 3.8) is 0 Å². The fourth-order valence-corrected chi connectivity index (χ4v) is 3.50. The van der Waals surface area contributed by atoms with Crippen molar-refractivity contribution in [2.24, 2.45) is 0 Å². The molecule has 8 heteroatoms. The monoisotopic (exact) mass is 406 g/mol. The van der Waals surface area contributed by atoms with Gasteiger partial charge < -0.3 is 15.1 Å². The largest absolute Gasteiger partial charge is 0.353 e. The van der Waals surface area contributed by atoms with Gasteiger partial charge in [-0.25, -0.2) is 4.98 Å². The first-order chi connectivity index (χ1) is 14.5. The number of likely N-dealkylation sites (N-methyl/N-ethyl adjacent to an activating group) is 1. The number of hydrogen-bond acceptors (Lipinski definition) is 6. The quantitative estimate of drug-likeness (QED) is 0.442. The Hall–Kier alpha value is -3.44. The number of nitrogens with one attached hydrogen (secondary N) is 1. The lowest BCUT2D eigenvalue weighted by molar-refractivity contribution is -0.116. The summed E-state index contributed by atoms with van der Waals surface area (Å²) in [6.07, 6.45) is 4.53. The summed E-state index contributed by atoms with van der Waals surface area (Å²) in [4.78, 5) is 34.8. The number of piperazine rings is 1. The van der Waals surface area contributed by atoms with E-state index in [1.54, 1.807) is 12.3 Å². The molecule has 1 amide bonds. The van der Waals surface area contributed by atoms with Gasteiger partial charge in [0.05, 0.1) is 5.56 Å². The summed E-state index contributed by atoms with van der Waals surface area (Å²) in [7, 11) is 0. The number of anilines is 1. The number of rotatable bonds is 6. The molecule has 0 aliphatic carbocycles. The number of carbonyl (C=O) groups excluding carboxylic acids is 1. The van der Waals surface area contributed by atoms with Crippen LogP contribution in [-0.2, 0) is 4.79 Å². The van der Waals surface area contributed by atoms with E-state index in [-0.39, 0.29) is 23.2 Å². The Morgan fingerprint density at radius 2 is 2.10 bits per heavy atom. The lowest BCUT2D eigenvalue weighted by Crippen LogP contribution is -2.47. The Morgan fingerprint density at radius 3 is 2.73 bits per heavy atom. The second kappa shape index (κ2) is 9.37. The summed E-state index contributed by atoms with van der Waals surface area (Å²) in [5.41, 5.74) is 1.25. The highest BCUT2D eigenvalue weighted by atomic mass is 16.1. The molecule has 1 aliphatic heterocycles. The molecule has 2 aromatic heterocycles. The highest BCUT2D eigenvalue weighted by Crippen LogP contribution is 2.21. The zero-order chi connectivity index (χ0) is 21.7. The van der Waals surface area contributed by atoms with Crippen LogP contribution < -0.4 is 15.8 Å². The zero-order valence-corrected chi connectivity index (χ0v) is 17.4. The Morgan fingerprint density at radius 1 is 1.37 bits per heavy atom. The molecule has 1 N–H and O–H groups in total. The van der Waals surface area contributed by atoms with Crippen LogP contribution >= 0.6 is 0 Å². The third kappa shape index (κ3) is 4.26. The number of aromatic nitrogens is 2. The summed E-state index contributed by atoms with van der Waals surface area (Å²) in [6, 6.07) is 5.58. The number of carbonyl (C=O) groups is 1. The topological polar surface area (TPSA) is 93.7 Å². The molecule has 1 saturated heterocycles. The normalized spacial score (nSPS) is 15.1. The van der Waals surface area contributed by atoms with Gasteiger partial charge >= 0.3 is 0 Å². The first-order valence-corrected chi connectivity index (χ1v) is 10.00. The third-order valence-electron chi connectivity index (χ3n) is 5.24. The van der Waals surface area contributed by atoms with E-state index < -0.39 is 5.91 Å². The van der Waals surface area contributed by atoms with Crippen molar-refractivity contribution in [2.75, 3.05) is 44.2 Å². The molecule has 2 aromatic rings. The summed E-state index contributed by atoms with van der Waals surface area (Å²) in [6.45, 7) is 11.9. The molecule has 1 fully saturated rings. The lowest BCUT2D eigenvalue weighted by atomic mass is 10.1. The Labute approximate surface area is 175 Å². The molecular formula is C22H26N6O2. The molecule has 30 heavy (non-hydrogen) atoms. The fourth-order valence-electron chi connectivity index (χ4n) is 3.50. The molecule has 3 rings (SSSR count). The first-order valence-electron chi connectivity index (χ1n) is 10.00. The van der Waals surface area contributed by atoms with Gasteiger partial charge in [-0.05, 0) is 31.2 Å². The molecule has 0 radical (unpaired) electrons. The van der Waals surface area contributed by atoms with Crippen LogP contribution in [0.25, 0.3) is 11.7 Å². The van der Waals surface area contributed by atoms with Crippen molar-refractivity contribution < 1.29 is 4.79 Å². The maximum Gasteiger partial charge on any atom is 0.267 e. The minimum Gasteiger partial charge on any atom is -0.353 e. The average molecular weight is 406 g/mol. The molecule has 0 unspecified atom stereocenters. The van der Waals surface area contributed by atoms with Gasteiger partial charge in [0.2, 0.25) is 0 Å². The smallest absolute Gasteiger partial charge is 0.267 e. The van der Waals surface area contributed by atoms with Crippen LogP contribution in [0.4, 0.5) is 5.82 Å². The van der Waals surface area contributed by atoms with Crippen LogP contribution in [-0.4, -0.2) is 59.5 Å². The molecule has 0 bridgehead atoms. The number of hydrogen-bond donors (Lipinski definition) is 1. The van der Waals surface area contributed by atoms with Crippen LogP contribution in [0.1, 0.15) is 18.1 Å². The van der Waals surface area contributed by atoms with E-state index in [0.717, 1.165) is 25.2 Å². The molecule has 1 aliphatic rings. The first kappa shape index (κ1) is 21.3. The summed E-state index contributed by atoms with van der Waals surface area (Å²) in [5.74, 6) is -0.0396. The van der Waals surface area contributed by atoms with Gasteiger partial charge in [0.15, 0.2) is 0 Å². The molecule has 0 atom stereocenters. The number of nitrogens with zero attached hydrogens (tertiary/aromatic N) is 5. The zero-order valence-electron chi connectivity index (χ0n) is 17.4. The van der Waals surface area contributed by atoms with E-state index in [2.05, 4.69) is 28.6 Å². The Balaban J connectivity index is 2.16. The van der Waals surface area contributed by atoms with E-state index in [1.165, 1.54) is 16.6 Å². The molecule has 3 heterocycles. The third-order valence-corrected chi connectivity index (χ3v) is 5.24. The Kier molecular flexibility index (Phi) is 6.65. The van der Waals surface area contributed by atoms with Crippen molar-refractivity contribution in [3.05, 3.63) is 58.0 Å². The highest BCUT2D eigenvalue weighted by molar-refractivity contribution is 6.02. The molecule has 0 saturated carbocycles. The van der Waals surface area contributed by atoms with Gasteiger partial charge in [0, 0.05) is 38.9 Å². The number of fused-ring (bicyclic) bond motifs is 1. The van der Waals surface area contributed by atoms with Gasteiger partial charge in [0.25, 0.3) is 11.5 Å². The number of nitriles is 1. The van der Waals surface area contributed by atoms with Gasteiger partial charge in [0.1, 0.15) is 23.1 Å². The van der Waals surface area contributed by atoms with Crippen LogP contribution in [0.3, 0.4) is 0 Å². The predicted octanol–water partition coefficient (Wildman–Crippen LogP) is 1.35. The molecule has 156 valence electrons. The van der Waals surface area contributed by atoms with Crippen LogP contribution in [0.5, 0.6) is 0 Å². The number of amides is 1. The second-order valence-electron chi connectivity index (χ2n) is 7.13. The van der Waals surface area contributed by atoms with Crippen molar-refractivity contribution in [3.8, 4) is 6.07 Å². The van der Waals surface area contributed by atoms with Crippen LogP contribution in [0.15, 0.2) is 41.4 Å². The SMILES string of the molecule is C=CCNC(=O)C(C#N)=Cc1c(N2CCN(CC)CC2)nc2c(C)cccn2c1=O. The Bertz CT molecular complexity index is 1090. The number of pyridine rings is 1. The molecule has 0 spiro atoms. The minimum atomic E-state index is -0.548. The van der Waals surface area contributed by atoms with Gasteiger partial charge in [-0.3, -0.25) is 14.0 Å². The van der Waals surface area contributed by atoms with E-state index >= 15 is 0 Å². The van der Waals surface area contributed by atoms with E-state index in [1.807, 2.05) is 19.1 Å². The molecule has 0 aromatic carbocycles. The summed E-state index contributed by atoms with van der Waals surface area (Å²) < 4.78 is 1.46. The van der Waals surface area contributed by atoms with Gasteiger partial charge in [-0.1, -0.05) is 19.1 Å². The molecule has 8 nitrogen and oxygen atoms in total. The number of aryl methyl sites for hydroxylation is 1. The predicted molar refractivity (Wildman–Crippen MR) is 117 cm³/mol. The van der Waals surface area contributed by atoms with Crippen molar-refractivity contribution in [2.45, 2.75) is 13.8 Å². The highest BCUT2D eigenvalue weighted by Gasteiger charge is 2.23. The second-order valence-corrected chi connectivity index (χ2v) is 7.13. The van der Waals surface area contributed by atoms with Crippen molar-refractivity contribution in [1.29, 1.82) is 5.26 Å². The van der Waals surface area contributed by atoms with Gasteiger partial charge in [-0.15, -0.1) is 6.58 Å². The van der Waals surface area contributed by atoms with Crippen molar-refractivity contribution >= 4 is 23.4 Å². The average Bonchev–Trinajstić information content (AvgIpc) is 2.77. The van der Waals surface area contributed by atoms with E-state index in [4.69, 9.17) is 4.98 Å². The summed E-state index contributed by atoms with van der Waals surface area (Å²) in [5, 5.41) is 12.1. The lowest BCUT2D eigenvalue weighted by Gasteiger charge is -2.35. The van der Waals surface area contributed by atoms with Crippen molar-refractivity contribution in [1.82, 2.24) is 19.6 Å². The summed E-state index contributed by atoms with van der Waals surface area (Å²) >= 11 is 0. The maximum absolute atomic E-state index is 13.3. The van der Waals surface area contributed by atoms with Gasteiger partial charge in [-0.2, -0.15) is 5.26 Å². The minimum absolute atomic E-state index is 0.142. The van der Waals surface area contributed by atoms with E-state index in [0.29, 0.717) is 24.6 Å². The van der Waals surface area contributed by atoms with Crippen LogP contribution in [0, 0.1) is 18.3 Å². The molecular weight excluding hydrogens is 380 g/mol.